The van der Waals surface area contributed by atoms with Crippen LogP contribution in [-0.4, -0.2) is 11.6 Å². The van der Waals surface area contributed by atoms with Gasteiger partial charge in [-0.2, -0.15) is 0 Å². The van der Waals surface area contributed by atoms with Crippen LogP contribution < -0.4 is 11.1 Å². The van der Waals surface area contributed by atoms with Crippen molar-refractivity contribution >= 4 is 16.5 Å². The van der Waals surface area contributed by atoms with E-state index in [1.165, 1.54) is 10.8 Å². The maximum absolute atomic E-state index is 5.97. The molecule has 0 saturated heterocycles. The van der Waals surface area contributed by atoms with Gasteiger partial charge in [-0.1, -0.05) is 30.3 Å². The normalized spacial score (nSPS) is 13.6. The topological polar surface area (TPSA) is 38.0 Å². The number of nitrogens with two attached hydrogens (primary N) is 1. The monoisotopic (exact) mass is 228 g/mol. The van der Waals surface area contributed by atoms with E-state index in [1.807, 2.05) is 6.92 Å². The molecule has 0 aliphatic carbocycles. The first-order valence-electron chi connectivity index (χ1n) is 6.01. The lowest BCUT2D eigenvalue weighted by Crippen LogP contribution is -2.47. The molecule has 2 rings (SSSR count). The second-order valence-electron chi connectivity index (χ2n) is 5.20. The molecule has 2 aromatic rings. The van der Waals surface area contributed by atoms with E-state index >= 15 is 0 Å². The van der Waals surface area contributed by atoms with Gasteiger partial charge in [0.15, 0.2) is 0 Å². The van der Waals surface area contributed by atoms with Crippen LogP contribution in [0.4, 0.5) is 5.69 Å². The third-order valence-electron chi connectivity index (χ3n) is 3.35. The first kappa shape index (κ1) is 11.9. The second-order valence-corrected chi connectivity index (χ2v) is 5.20. The Morgan fingerprint density at radius 1 is 1.06 bits per heavy atom. The van der Waals surface area contributed by atoms with Crippen molar-refractivity contribution < 1.29 is 0 Å². The summed E-state index contributed by atoms with van der Waals surface area (Å²) in [6.07, 6.45) is 0. The standard InChI is InChI=1S/C15H20N2/c1-11(16)15(2,3)17-14-9-8-12-6-4-5-7-13(12)10-14/h4-11,17H,16H2,1-3H3. The molecule has 2 nitrogen and oxygen atoms in total. The average Bonchev–Trinajstić information content (AvgIpc) is 2.28. The average molecular weight is 228 g/mol. The predicted molar refractivity (Wildman–Crippen MR) is 75.3 cm³/mol. The van der Waals surface area contributed by atoms with Gasteiger partial charge in [0.1, 0.15) is 0 Å². The van der Waals surface area contributed by atoms with Crippen molar-refractivity contribution in [1.29, 1.82) is 0 Å². The van der Waals surface area contributed by atoms with Crippen molar-refractivity contribution in [3.63, 3.8) is 0 Å². The van der Waals surface area contributed by atoms with Crippen LogP contribution in [0.3, 0.4) is 0 Å². The lowest BCUT2D eigenvalue weighted by molar-refractivity contribution is 0.471. The fourth-order valence-electron chi connectivity index (χ4n) is 1.75. The Hall–Kier alpha value is -1.54. The molecule has 0 radical (unpaired) electrons. The number of benzene rings is 2. The lowest BCUT2D eigenvalue weighted by atomic mass is 9.96. The van der Waals surface area contributed by atoms with E-state index in [2.05, 4.69) is 61.6 Å². The number of nitrogens with one attached hydrogen (secondary N) is 1. The SMILES string of the molecule is CC(N)C(C)(C)Nc1ccc2ccccc2c1. The molecule has 0 heterocycles. The summed E-state index contributed by atoms with van der Waals surface area (Å²) in [5, 5.41) is 5.99. The highest BCUT2D eigenvalue weighted by Crippen LogP contribution is 2.22. The van der Waals surface area contributed by atoms with Crippen LogP contribution >= 0.6 is 0 Å². The summed E-state index contributed by atoms with van der Waals surface area (Å²) in [4.78, 5) is 0. The molecule has 0 spiro atoms. The number of hydrogen-bond acceptors (Lipinski definition) is 2. The zero-order valence-corrected chi connectivity index (χ0v) is 10.7. The summed E-state index contributed by atoms with van der Waals surface area (Å²) >= 11 is 0. The first-order valence-corrected chi connectivity index (χ1v) is 6.01. The number of hydrogen-bond donors (Lipinski definition) is 2. The molecular formula is C15H20N2. The summed E-state index contributed by atoms with van der Waals surface area (Å²) in [6.45, 7) is 6.26. The largest absolute Gasteiger partial charge is 0.379 e. The Bertz CT molecular complexity index is 515. The van der Waals surface area contributed by atoms with Gasteiger partial charge in [0.05, 0.1) is 0 Å². The van der Waals surface area contributed by atoms with Gasteiger partial charge in [0, 0.05) is 17.3 Å². The quantitative estimate of drug-likeness (QED) is 0.845. The van der Waals surface area contributed by atoms with Gasteiger partial charge < -0.3 is 11.1 Å². The Morgan fingerprint density at radius 3 is 2.35 bits per heavy atom. The molecular weight excluding hydrogens is 208 g/mol. The van der Waals surface area contributed by atoms with Crippen molar-refractivity contribution in [1.82, 2.24) is 0 Å². The molecule has 3 N–H and O–H groups in total. The van der Waals surface area contributed by atoms with Crippen molar-refractivity contribution in [3.05, 3.63) is 42.5 Å². The molecule has 0 aliphatic heterocycles. The molecule has 90 valence electrons. The number of anilines is 1. The fraction of sp³-hybridized carbons (Fsp3) is 0.333. The van der Waals surface area contributed by atoms with Gasteiger partial charge in [-0.05, 0) is 43.7 Å². The van der Waals surface area contributed by atoms with Crippen LogP contribution in [0.2, 0.25) is 0 Å². The summed E-state index contributed by atoms with van der Waals surface area (Å²) in [7, 11) is 0. The van der Waals surface area contributed by atoms with Crippen molar-refractivity contribution in [3.8, 4) is 0 Å². The summed E-state index contributed by atoms with van der Waals surface area (Å²) in [6, 6.07) is 14.9. The van der Waals surface area contributed by atoms with Gasteiger partial charge in [0.25, 0.3) is 0 Å². The second kappa shape index (κ2) is 4.38. The van der Waals surface area contributed by atoms with Crippen LogP contribution in [-0.2, 0) is 0 Å². The van der Waals surface area contributed by atoms with Crippen LogP contribution in [0.25, 0.3) is 10.8 Å². The van der Waals surface area contributed by atoms with Gasteiger partial charge in [-0.15, -0.1) is 0 Å². The Kier molecular flexibility index (Phi) is 3.07. The molecule has 1 atom stereocenters. The van der Waals surface area contributed by atoms with E-state index < -0.39 is 0 Å². The molecule has 2 heteroatoms. The minimum atomic E-state index is -0.109. The van der Waals surface area contributed by atoms with E-state index in [0.29, 0.717) is 0 Å². The van der Waals surface area contributed by atoms with Crippen molar-refractivity contribution in [2.75, 3.05) is 5.32 Å². The highest BCUT2D eigenvalue weighted by atomic mass is 15.0. The van der Waals surface area contributed by atoms with Crippen LogP contribution in [0, 0.1) is 0 Å². The molecule has 0 saturated carbocycles. The number of fused-ring (bicyclic) bond motifs is 1. The summed E-state index contributed by atoms with van der Waals surface area (Å²) in [5.74, 6) is 0. The van der Waals surface area contributed by atoms with Gasteiger partial charge in [-0.25, -0.2) is 0 Å². The molecule has 0 bridgehead atoms. The predicted octanol–water partition coefficient (Wildman–Crippen LogP) is 3.38. The molecule has 0 amide bonds. The maximum Gasteiger partial charge on any atom is 0.0465 e. The Balaban J connectivity index is 2.31. The summed E-state index contributed by atoms with van der Waals surface area (Å²) < 4.78 is 0. The summed E-state index contributed by atoms with van der Waals surface area (Å²) in [5.41, 5.74) is 6.98. The van der Waals surface area contributed by atoms with E-state index in [-0.39, 0.29) is 11.6 Å². The van der Waals surface area contributed by atoms with Gasteiger partial charge in [0.2, 0.25) is 0 Å². The van der Waals surface area contributed by atoms with Gasteiger partial charge >= 0.3 is 0 Å². The molecule has 0 aliphatic rings. The molecule has 1 unspecified atom stereocenters. The maximum atomic E-state index is 5.97. The van der Waals surface area contributed by atoms with Crippen LogP contribution in [0.5, 0.6) is 0 Å². The third-order valence-corrected chi connectivity index (χ3v) is 3.35. The lowest BCUT2D eigenvalue weighted by Gasteiger charge is -2.31. The highest BCUT2D eigenvalue weighted by molar-refractivity contribution is 5.85. The molecule has 17 heavy (non-hydrogen) atoms. The van der Waals surface area contributed by atoms with E-state index in [0.717, 1.165) is 5.69 Å². The third kappa shape index (κ3) is 2.59. The fourth-order valence-corrected chi connectivity index (χ4v) is 1.75. The molecule has 0 aromatic heterocycles. The van der Waals surface area contributed by atoms with Crippen molar-refractivity contribution in [2.24, 2.45) is 5.73 Å². The minimum absolute atomic E-state index is 0.0916. The van der Waals surface area contributed by atoms with Crippen LogP contribution in [0.15, 0.2) is 42.5 Å². The van der Waals surface area contributed by atoms with E-state index in [9.17, 15) is 0 Å². The highest BCUT2D eigenvalue weighted by Gasteiger charge is 2.22. The smallest absolute Gasteiger partial charge is 0.0465 e. The van der Waals surface area contributed by atoms with Crippen LogP contribution in [0.1, 0.15) is 20.8 Å². The van der Waals surface area contributed by atoms with Crippen molar-refractivity contribution in [2.45, 2.75) is 32.4 Å². The zero-order valence-electron chi connectivity index (χ0n) is 10.7. The zero-order chi connectivity index (χ0) is 12.5. The Morgan fingerprint density at radius 2 is 1.71 bits per heavy atom. The number of rotatable bonds is 3. The van der Waals surface area contributed by atoms with Gasteiger partial charge in [-0.3, -0.25) is 0 Å². The minimum Gasteiger partial charge on any atom is -0.379 e. The molecule has 2 aromatic carbocycles. The first-order chi connectivity index (χ1) is 7.99. The van der Waals surface area contributed by atoms with E-state index in [1.54, 1.807) is 0 Å². The molecule has 0 fully saturated rings. The van der Waals surface area contributed by atoms with E-state index in [4.69, 9.17) is 5.73 Å². The Labute approximate surface area is 103 Å².